The molecule has 0 atom stereocenters. The molecule has 0 saturated heterocycles. The summed E-state index contributed by atoms with van der Waals surface area (Å²) in [6.45, 7) is 0. The molecule has 3 aromatic rings. The van der Waals surface area contributed by atoms with E-state index in [9.17, 15) is 4.79 Å². The first-order valence-corrected chi connectivity index (χ1v) is 6.40. The molecule has 0 saturated carbocycles. The third-order valence-electron chi connectivity index (χ3n) is 3.27. The summed E-state index contributed by atoms with van der Waals surface area (Å²) in [4.78, 5) is 25.2. The van der Waals surface area contributed by atoms with Crippen LogP contribution in [0.15, 0.2) is 24.7 Å². The molecule has 7 heteroatoms. The lowest BCUT2D eigenvalue weighted by Gasteiger charge is -1.99. The summed E-state index contributed by atoms with van der Waals surface area (Å²) in [5, 5.41) is 2.85. The van der Waals surface area contributed by atoms with Gasteiger partial charge in [-0.25, -0.2) is 4.98 Å². The fourth-order valence-corrected chi connectivity index (χ4v) is 2.64. The Balaban J connectivity index is 2.03. The molecule has 1 amide bonds. The summed E-state index contributed by atoms with van der Waals surface area (Å²) in [7, 11) is 0. The van der Waals surface area contributed by atoms with Gasteiger partial charge in [0.1, 0.15) is 0 Å². The fraction of sp³-hybridized carbons (Fsp3) is 0. The van der Waals surface area contributed by atoms with E-state index in [0.29, 0.717) is 10.3 Å². The fourth-order valence-electron chi connectivity index (χ4n) is 2.43. The van der Waals surface area contributed by atoms with Gasteiger partial charge in [0.05, 0.1) is 40.5 Å². The minimum absolute atomic E-state index is 0.136. The van der Waals surface area contributed by atoms with Crippen LogP contribution in [-0.4, -0.2) is 25.8 Å². The highest BCUT2D eigenvalue weighted by atomic mass is 32.1. The molecule has 1 aliphatic rings. The van der Waals surface area contributed by atoms with Crippen molar-refractivity contribution < 1.29 is 4.79 Å². The van der Waals surface area contributed by atoms with Crippen LogP contribution in [0.4, 0.5) is 5.69 Å². The predicted octanol–water partition coefficient (Wildman–Crippen LogP) is 2.44. The molecule has 0 fully saturated rings. The first-order valence-electron chi connectivity index (χ1n) is 5.99. The average molecular weight is 283 g/mol. The number of carbonyl (C=O) groups is 1. The van der Waals surface area contributed by atoms with Gasteiger partial charge in [0, 0.05) is 5.56 Å². The van der Waals surface area contributed by atoms with Crippen LogP contribution in [0.1, 0.15) is 11.3 Å². The maximum absolute atomic E-state index is 12.1. The molecule has 0 unspecified atom stereocenters. The minimum Gasteiger partial charge on any atom is -0.345 e. The lowest BCUT2D eigenvalue weighted by Crippen LogP contribution is -2.03. The van der Waals surface area contributed by atoms with E-state index in [1.165, 1.54) is 0 Å². The van der Waals surface area contributed by atoms with E-state index in [2.05, 4.69) is 25.3 Å². The van der Waals surface area contributed by atoms with E-state index < -0.39 is 0 Å². The topological polar surface area (TPSA) is 89.4 Å². The Morgan fingerprint density at radius 3 is 2.95 bits per heavy atom. The number of nitrogens with one attached hydrogen (secondary N) is 4. The van der Waals surface area contributed by atoms with E-state index >= 15 is 0 Å². The van der Waals surface area contributed by atoms with Crippen molar-refractivity contribution in [3.8, 4) is 0 Å². The van der Waals surface area contributed by atoms with Crippen molar-refractivity contribution >= 4 is 46.5 Å². The number of nitrogens with zero attached hydrogens (tertiary/aromatic N) is 1. The zero-order valence-electron chi connectivity index (χ0n) is 10.2. The van der Waals surface area contributed by atoms with Crippen LogP contribution >= 0.6 is 12.2 Å². The molecule has 6 nitrogen and oxygen atoms in total. The average Bonchev–Trinajstić information content (AvgIpc) is 3.09. The zero-order valence-corrected chi connectivity index (χ0v) is 11.0. The molecular formula is C13H9N5OS. The smallest absolute Gasteiger partial charge is 0.256 e. The van der Waals surface area contributed by atoms with Crippen molar-refractivity contribution in [2.24, 2.45) is 0 Å². The second-order valence-electron chi connectivity index (χ2n) is 4.51. The number of aromatic amines is 3. The van der Waals surface area contributed by atoms with E-state index in [-0.39, 0.29) is 5.91 Å². The predicted molar refractivity (Wildman–Crippen MR) is 78.6 cm³/mol. The number of amides is 1. The molecule has 0 bridgehead atoms. The highest BCUT2D eigenvalue weighted by Gasteiger charge is 2.27. The van der Waals surface area contributed by atoms with Crippen LogP contribution in [0.25, 0.3) is 22.7 Å². The van der Waals surface area contributed by atoms with Crippen LogP contribution in [-0.2, 0) is 4.79 Å². The first kappa shape index (κ1) is 11.2. The van der Waals surface area contributed by atoms with Gasteiger partial charge in [0.25, 0.3) is 5.91 Å². The molecule has 1 aromatic carbocycles. The summed E-state index contributed by atoms with van der Waals surface area (Å²) >= 11 is 5.12. The van der Waals surface area contributed by atoms with Crippen molar-refractivity contribution in [1.82, 2.24) is 19.9 Å². The summed E-state index contributed by atoms with van der Waals surface area (Å²) in [5.41, 5.74) is 4.67. The van der Waals surface area contributed by atoms with Crippen molar-refractivity contribution in [3.05, 3.63) is 40.7 Å². The number of benzene rings is 1. The number of hydrogen-bond donors (Lipinski definition) is 4. The molecule has 0 aliphatic carbocycles. The third-order valence-corrected chi connectivity index (χ3v) is 3.48. The number of carbonyl (C=O) groups excluding carboxylic acids is 1. The molecule has 20 heavy (non-hydrogen) atoms. The molecule has 2 aromatic heterocycles. The molecule has 98 valence electrons. The first-order chi connectivity index (χ1) is 9.72. The maximum Gasteiger partial charge on any atom is 0.256 e. The van der Waals surface area contributed by atoms with Crippen LogP contribution in [0.3, 0.4) is 0 Å². The lowest BCUT2D eigenvalue weighted by atomic mass is 10.0. The van der Waals surface area contributed by atoms with E-state index in [1.54, 1.807) is 18.6 Å². The number of aromatic nitrogens is 4. The second-order valence-corrected chi connectivity index (χ2v) is 4.92. The summed E-state index contributed by atoms with van der Waals surface area (Å²) < 4.78 is 0.536. The molecule has 1 aliphatic heterocycles. The third kappa shape index (κ3) is 1.53. The Kier molecular flexibility index (Phi) is 2.19. The van der Waals surface area contributed by atoms with Crippen LogP contribution in [0.5, 0.6) is 0 Å². The number of hydrogen-bond acceptors (Lipinski definition) is 3. The van der Waals surface area contributed by atoms with Gasteiger partial charge >= 0.3 is 0 Å². The highest BCUT2D eigenvalue weighted by molar-refractivity contribution is 7.71. The number of anilines is 1. The summed E-state index contributed by atoms with van der Waals surface area (Å²) in [6.07, 6.45) is 5.01. The number of H-pyrrole nitrogens is 3. The van der Waals surface area contributed by atoms with E-state index in [0.717, 1.165) is 28.0 Å². The van der Waals surface area contributed by atoms with Gasteiger partial charge in [-0.3, -0.25) is 4.79 Å². The van der Waals surface area contributed by atoms with Crippen LogP contribution in [0, 0.1) is 4.77 Å². The van der Waals surface area contributed by atoms with Crippen molar-refractivity contribution in [2.45, 2.75) is 0 Å². The van der Waals surface area contributed by atoms with E-state index in [1.807, 2.05) is 12.1 Å². The molecular weight excluding hydrogens is 274 g/mol. The van der Waals surface area contributed by atoms with Gasteiger partial charge < -0.3 is 20.3 Å². The molecule has 0 spiro atoms. The van der Waals surface area contributed by atoms with Gasteiger partial charge in [0.15, 0.2) is 4.77 Å². The van der Waals surface area contributed by atoms with Gasteiger partial charge in [-0.05, 0) is 30.4 Å². The quantitative estimate of drug-likeness (QED) is 0.408. The standard InChI is InChI=1S/C13H9N5OS/c19-12-7(3-6-4-14-5-15-6)10-8(16-12)1-2-9-11(10)18-13(20)17-9/h1-5H,(H,14,15)(H,16,19)(H2,17,18,20)/b7-3-. The Bertz CT molecular complexity index is 916. The van der Waals surface area contributed by atoms with Crippen molar-refractivity contribution in [1.29, 1.82) is 0 Å². The number of rotatable bonds is 1. The van der Waals surface area contributed by atoms with Gasteiger partial charge in [-0.2, -0.15) is 0 Å². The minimum atomic E-state index is -0.136. The normalized spacial score (nSPS) is 15.8. The second kappa shape index (κ2) is 3.91. The van der Waals surface area contributed by atoms with Crippen LogP contribution < -0.4 is 5.32 Å². The maximum atomic E-state index is 12.1. The Morgan fingerprint density at radius 2 is 2.15 bits per heavy atom. The van der Waals surface area contributed by atoms with Gasteiger partial charge in [-0.1, -0.05) is 0 Å². The van der Waals surface area contributed by atoms with Gasteiger partial charge in [0.2, 0.25) is 0 Å². The highest BCUT2D eigenvalue weighted by Crippen LogP contribution is 2.37. The lowest BCUT2D eigenvalue weighted by molar-refractivity contribution is -0.110. The largest absolute Gasteiger partial charge is 0.345 e. The zero-order chi connectivity index (χ0) is 13.7. The molecule has 4 N–H and O–H groups in total. The summed E-state index contributed by atoms with van der Waals surface area (Å²) in [6, 6.07) is 3.75. The number of fused-ring (bicyclic) bond motifs is 3. The Morgan fingerprint density at radius 1 is 1.25 bits per heavy atom. The molecule has 4 rings (SSSR count). The van der Waals surface area contributed by atoms with Crippen LogP contribution in [0.2, 0.25) is 0 Å². The van der Waals surface area contributed by atoms with Crippen molar-refractivity contribution in [3.63, 3.8) is 0 Å². The SMILES string of the molecule is O=C1Nc2ccc3[nH]c(=S)[nH]c3c2/C1=C/c1cnc[nH]1. The van der Waals surface area contributed by atoms with Crippen molar-refractivity contribution in [2.75, 3.05) is 5.32 Å². The number of imidazole rings is 2. The van der Waals surface area contributed by atoms with E-state index in [4.69, 9.17) is 12.2 Å². The summed E-state index contributed by atoms with van der Waals surface area (Å²) in [5.74, 6) is -0.136. The Hall–Kier alpha value is -2.67. The molecule has 0 radical (unpaired) electrons. The van der Waals surface area contributed by atoms with Gasteiger partial charge in [-0.15, -0.1) is 0 Å². The molecule has 3 heterocycles. The monoisotopic (exact) mass is 283 g/mol. The Labute approximate surface area is 117 Å².